The van der Waals surface area contributed by atoms with Gasteiger partial charge < -0.3 is 47.4 Å². The van der Waals surface area contributed by atoms with E-state index in [0.717, 1.165) is 177 Å². The summed E-state index contributed by atoms with van der Waals surface area (Å²) < 4.78 is 64.5. The van der Waals surface area contributed by atoms with Gasteiger partial charge in [-0.25, -0.2) is 0 Å². The highest BCUT2D eigenvalue weighted by atomic mass is 16.5. The number of unbranched alkanes of at least 4 members (excludes halogenated alkanes) is 8. The Morgan fingerprint density at radius 2 is 0.368 bits per heavy atom. The van der Waals surface area contributed by atoms with E-state index in [1.807, 2.05) is 0 Å². The predicted octanol–water partition coefficient (Wildman–Crippen LogP) is 16.5. The quantitative estimate of drug-likeness (QED) is 0.0442. The number of benzene rings is 5. The van der Waals surface area contributed by atoms with Gasteiger partial charge in [0.2, 0.25) is 0 Å². The van der Waals surface area contributed by atoms with Crippen molar-refractivity contribution in [2.24, 2.45) is 0 Å². The molecule has 418 valence electrons. The fourth-order valence-electron chi connectivity index (χ4n) is 9.38. The first-order valence-electron chi connectivity index (χ1n) is 28.8. The maximum absolute atomic E-state index is 6.67. The van der Waals surface area contributed by atoms with Crippen LogP contribution in [-0.2, 0) is 32.1 Å². The van der Waals surface area contributed by atoms with E-state index in [0.29, 0.717) is 65.1 Å². The summed E-state index contributed by atoms with van der Waals surface area (Å²) in [6.45, 7) is 18.3. The van der Waals surface area contributed by atoms with Crippen molar-refractivity contribution in [3.63, 3.8) is 0 Å². The lowest BCUT2D eigenvalue weighted by atomic mass is 9.94. The van der Waals surface area contributed by atoms with E-state index < -0.39 is 0 Å². The summed E-state index contributed by atoms with van der Waals surface area (Å²) in [5, 5.41) is 0. The first-order chi connectivity index (χ1) is 37.1. The molecule has 10 bridgehead atoms. The normalized spacial score (nSPS) is 11.9. The highest BCUT2D eigenvalue weighted by Gasteiger charge is 2.24. The Morgan fingerprint density at radius 3 is 0.513 bits per heavy atom. The Bertz CT molecular complexity index is 2120. The molecule has 76 heavy (non-hydrogen) atoms. The molecule has 0 amide bonds. The minimum Gasteiger partial charge on any atom is -0.496 e. The molecular formula is C66H94O10. The van der Waals surface area contributed by atoms with Crippen molar-refractivity contribution >= 4 is 0 Å². The molecule has 0 aromatic heterocycles. The van der Waals surface area contributed by atoms with Crippen molar-refractivity contribution < 1.29 is 47.4 Å². The molecule has 0 saturated carbocycles. The zero-order valence-electron chi connectivity index (χ0n) is 48.8. The summed E-state index contributed by atoms with van der Waals surface area (Å²) in [6, 6.07) is 21.3. The summed E-state index contributed by atoms with van der Waals surface area (Å²) in [5.74, 6) is 7.82. The first-order valence-corrected chi connectivity index (χ1v) is 28.8. The lowest BCUT2D eigenvalue weighted by Crippen LogP contribution is -2.07. The lowest BCUT2D eigenvalue weighted by Gasteiger charge is -2.21. The van der Waals surface area contributed by atoms with E-state index in [-0.39, 0.29) is 0 Å². The third-order valence-electron chi connectivity index (χ3n) is 14.0. The van der Waals surface area contributed by atoms with Gasteiger partial charge >= 0.3 is 0 Å². The van der Waals surface area contributed by atoms with E-state index in [1.54, 1.807) is 35.5 Å². The van der Waals surface area contributed by atoms with Gasteiger partial charge in [0.25, 0.3) is 0 Å². The third kappa shape index (κ3) is 17.6. The van der Waals surface area contributed by atoms with Crippen LogP contribution in [0.25, 0.3) is 0 Å². The Hall–Kier alpha value is -5.90. The van der Waals surface area contributed by atoms with Gasteiger partial charge in [0.05, 0.1) is 68.6 Å². The predicted molar refractivity (Wildman–Crippen MR) is 311 cm³/mol. The molecule has 10 heteroatoms. The van der Waals surface area contributed by atoms with Crippen LogP contribution in [-0.4, -0.2) is 68.6 Å². The topological polar surface area (TPSA) is 92.3 Å². The van der Waals surface area contributed by atoms with Gasteiger partial charge in [-0.05, 0) is 92.8 Å². The van der Waals surface area contributed by atoms with Gasteiger partial charge in [-0.3, -0.25) is 0 Å². The number of methoxy groups -OCH3 is 5. The number of hydrogen-bond acceptors (Lipinski definition) is 10. The lowest BCUT2D eigenvalue weighted by molar-refractivity contribution is 0.303. The molecule has 15 rings (SSSR count). The fraction of sp³-hybridized carbons (Fsp3) is 0.545. The van der Waals surface area contributed by atoms with Crippen LogP contribution in [0.2, 0.25) is 0 Å². The van der Waals surface area contributed by atoms with Gasteiger partial charge in [-0.15, -0.1) is 0 Å². The second kappa shape index (κ2) is 33.3. The molecule has 0 atom stereocenters. The standard InChI is InChI=1S/C60H80O10.C6H14/c1-11-16-21-66-56-36-41-27-47-32-53(63-8)43(38-58(47)68-23-18-13-3)29-49-34-55(65-10)45(40-60(49)70-25-20-15-5)30-50-35-54(64-9)44(39-59(50)69-24-19-14-4)28-48-33-52(62-7)42(26-46(56)31-51(41)61-6)37-57(48)67-22-17-12-2;1-3-5-6-4-2/h31-40H,11-30H2,1-10H3;3-6H2,1-2H3. The Morgan fingerprint density at radius 1 is 0.224 bits per heavy atom. The van der Waals surface area contributed by atoms with E-state index in [1.165, 1.54) is 25.7 Å². The summed E-state index contributed by atoms with van der Waals surface area (Å²) in [6.07, 6.45) is 17.9. The molecule has 0 unspecified atom stereocenters. The van der Waals surface area contributed by atoms with Crippen molar-refractivity contribution in [2.75, 3.05) is 68.6 Å². The average Bonchev–Trinajstić information content (AvgIpc) is 3.43. The van der Waals surface area contributed by atoms with Gasteiger partial charge in [0.1, 0.15) is 57.5 Å². The van der Waals surface area contributed by atoms with Crippen LogP contribution < -0.4 is 47.4 Å². The number of ether oxygens (including phenoxy) is 10. The van der Waals surface area contributed by atoms with E-state index >= 15 is 0 Å². The molecule has 5 aromatic carbocycles. The molecule has 0 heterocycles. The summed E-state index contributed by atoms with van der Waals surface area (Å²) in [7, 11) is 8.66. The first kappa shape index (κ1) is 61.0. The summed E-state index contributed by atoms with van der Waals surface area (Å²) in [4.78, 5) is 0. The molecule has 0 N–H and O–H groups in total. The maximum atomic E-state index is 6.67. The van der Waals surface area contributed by atoms with Gasteiger partial charge in [0.15, 0.2) is 0 Å². The van der Waals surface area contributed by atoms with Crippen molar-refractivity contribution in [2.45, 2.75) is 170 Å². The number of hydrogen-bond donors (Lipinski definition) is 0. The molecule has 10 aliphatic rings. The molecule has 0 spiro atoms. The Kier molecular flexibility index (Phi) is 26.7. The van der Waals surface area contributed by atoms with Crippen LogP contribution in [0.4, 0.5) is 0 Å². The van der Waals surface area contributed by atoms with E-state index in [4.69, 9.17) is 47.4 Å². The zero-order chi connectivity index (χ0) is 54.7. The maximum Gasteiger partial charge on any atom is 0.123 e. The highest BCUT2D eigenvalue weighted by molar-refractivity contribution is 5.59. The molecule has 0 aliphatic heterocycles. The van der Waals surface area contributed by atoms with Crippen LogP contribution in [0.5, 0.6) is 57.5 Å². The van der Waals surface area contributed by atoms with Crippen LogP contribution in [0.15, 0.2) is 60.7 Å². The van der Waals surface area contributed by atoms with Crippen LogP contribution >= 0.6 is 0 Å². The van der Waals surface area contributed by atoms with Gasteiger partial charge in [0, 0.05) is 87.7 Å². The van der Waals surface area contributed by atoms with E-state index in [9.17, 15) is 0 Å². The Labute approximate surface area is 458 Å². The second-order valence-electron chi connectivity index (χ2n) is 20.0. The summed E-state index contributed by atoms with van der Waals surface area (Å²) >= 11 is 0. The SMILES string of the molecule is CCCCCC.CCCCOc1cc2c(OC)cc1Cc1cc(OCCCC)c(cc1OC)Cc1cc(OCCCC)c(cc1OC)Cc1cc(OCCCC)c(cc1OC)Cc1cc(OCCCC)c(cc1OC)C2. The molecule has 10 nitrogen and oxygen atoms in total. The van der Waals surface area contributed by atoms with Crippen LogP contribution in [0, 0.1) is 0 Å². The van der Waals surface area contributed by atoms with Gasteiger partial charge in [-0.1, -0.05) is 106 Å². The third-order valence-corrected chi connectivity index (χ3v) is 14.0. The van der Waals surface area contributed by atoms with Crippen LogP contribution in [0.3, 0.4) is 0 Å². The fourth-order valence-corrected chi connectivity index (χ4v) is 9.38. The number of rotatable bonds is 28. The van der Waals surface area contributed by atoms with Crippen molar-refractivity contribution in [1.29, 1.82) is 0 Å². The van der Waals surface area contributed by atoms with Gasteiger partial charge in [-0.2, -0.15) is 0 Å². The van der Waals surface area contributed by atoms with Crippen molar-refractivity contribution in [3.05, 3.63) is 116 Å². The molecule has 0 saturated heterocycles. The molecule has 0 fully saturated rings. The van der Waals surface area contributed by atoms with Crippen LogP contribution in [0.1, 0.15) is 194 Å². The minimum atomic E-state index is 0.528. The Balaban J connectivity index is 0.00000168. The van der Waals surface area contributed by atoms with Crippen molar-refractivity contribution in [3.8, 4) is 57.5 Å². The van der Waals surface area contributed by atoms with E-state index in [2.05, 4.69) is 109 Å². The minimum absolute atomic E-state index is 0.528. The molecule has 5 aromatic rings. The molecule has 0 radical (unpaired) electrons. The average molecular weight is 1050 g/mol. The largest absolute Gasteiger partial charge is 0.496 e. The highest BCUT2D eigenvalue weighted by Crippen LogP contribution is 2.43. The second-order valence-corrected chi connectivity index (χ2v) is 20.0. The smallest absolute Gasteiger partial charge is 0.123 e. The van der Waals surface area contributed by atoms with Crippen molar-refractivity contribution in [1.82, 2.24) is 0 Å². The summed E-state index contributed by atoms with van der Waals surface area (Å²) in [5.41, 5.74) is 9.85. The molecule has 10 aliphatic carbocycles. The monoisotopic (exact) mass is 1050 g/mol. The molecular weight excluding hydrogens is 953 g/mol. The zero-order valence-corrected chi connectivity index (χ0v) is 48.8.